The maximum atomic E-state index is 11.6. The second-order valence-corrected chi connectivity index (χ2v) is 4.16. The standard InChI is InChI=1S/C14H19NO5/c1-5-15(9(2)16)13(14(17)18)10-6-7-11(19-3)12(8-10)20-4/h6-8,13H,5H2,1-4H3,(H,17,18). The minimum Gasteiger partial charge on any atom is -0.493 e. The summed E-state index contributed by atoms with van der Waals surface area (Å²) in [5.74, 6) is -0.453. The summed E-state index contributed by atoms with van der Waals surface area (Å²) in [6.07, 6.45) is 0. The molecule has 0 aliphatic rings. The number of carboxylic acid groups (broad SMARTS) is 1. The van der Waals surface area contributed by atoms with Crippen LogP contribution < -0.4 is 9.47 Å². The van der Waals surface area contributed by atoms with Crippen LogP contribution in [0.25, 0.3) is 0 Å². The van der Waals surface area contributed by atoms with Crippen molar-refractivity contribution in [2.24, 2.45) is 0 Å². The van der Waals surface area contributed by atoms with Gasteiger partial charge in [-0.3, -0.25) is 4.79 Å². The maximum Gasteiger partial charge on any atom is 0.331 e. The van der Waals surface area contributed by atoms with Crippen LogP contribution in [0, 0.1) is 0 Å². The largest absolute Gasteiger partial charge is 0.493 e. The zero-order valence-electron chi connectivity index (χ0n) is 12.0. The van der Waals surface area contributed by atoms with Crippen LogP contribution in [-0.4, -0.2) is 42.6 Å². The molecule has 0 saturated heterocycles. The second-order valence-electron chi connectivity index (χ2n) is 4.16. The van der Waals surface area contributed by atoms with Gasteiger partial charge >= 0.3 is 5.97 Å². The van der Waals surface area contributed by atoms with Crippen LogP contribution in [0.5, 0.6) is 11.5 Å². The van der Waals surface area contributed by atoms with Gasteiger partial charge in [0.1, 0.15) is 0 Å². The van der Waals surface area contributed by atoms with Crippen molar-refractivity contribution in [1.29, 1.82) is 0 Å². The Morgan fingerprint density at radius 1 is 1.25 bits per heavy atom. The average molecular weight is 281 g/mol. The van der Waals surface area contributed by atoms with Crippen molar-refractivity contribution in [3.05, 3.63) is 23.8 Å². The van der Waals surface area contributed by atoms with Gasteiger partial charge in [-0.25, -0.2) is 4.79 Å². The number of aliphatic carboxylic acids is 1. The van der Waals surface area contributed by atoms with Crippen LogP contribution >= 0.6 is 0 Å². The highest BCUT2D eigenvalue weighted by atomic mass is 16.5. The molecule has 6 nitrogen and oxygen atoms in total. The molecule has 1 atom stereocenters. The minimum absolute atomic E-state index is 0.297. The molecule has 0 fully saturated rings. The van der Waals surface area contributed by atoms with Gasteiger partial charge < -0.3 is 19.5 Å². The van der Waals surface area contributed by atoms with Crippen molar-refractivity contribution in [2.45, 2.75) is 19.9 Å². The van der Waals surface area contributed by atoms with Crippen molar-refractivity contribution in [3.63, 3.8) is 0 Å². The molecule has 6 heteroatoms. The highest BCUT2D eigenvalue weighted by Crippen LogP contribution is 2.32. The van der Waals surface area contributed by atoms with E-state index < -0.39 is 12.0 Å². The van der Waals surface area contributed by atoms with Gasteiger partial charge in [0.15, 0.2) is 17.5 Å². The van der Waals surface area contributed by atoms with E-state index in [1.807, 2.05) is 0 Å². The van der Waals surface area contributed by atoms with E-state index in [0.29, 0.717) is 23.6 Å². The maximum absolute atomic E-state index is 11.6. The third-order valence-corrected chi connectivity index (χ3v) is 3.01. The average Bonchev–Trinajstić information content (AvgIpc) is 2.42. The van der Waals surface area contributed by atoms with E-state index in [1.54, 1.807) is 25.1 Å². The Morgan fingerprint density at radius 2 is 1.85 bits per heavy atom. The number of ether oxygens (including phenoxy) is 2. The number of carbonyl (C=O) groups is 2. The zero-order valence-corrected chi connectivity index (χ0v) is 12.0. The van der Waals surface area contributed by atoms with Crippen LogP contribution in [0.2, 0.25) is 0 Å². The quantitative estimate of drug-likeness (QED) is 0.858. The van der Waals surface area contributed by atoms with Crippen molar-refractivity contribution in [3.8, 4) is 11.5 Å². The number of carbonyl (C=O) groups excluding carboxylic acids is 1. The third-order valence-electron chi connectivity index (χ3n) is 3.01. The normalized spacial score (nSPS) is 11.6. The molecule has 1 N–H and O–H groups in total. The number of benzene rings is 1. The molecule has 0 heterocycles. The van der Waals surface area contributed by atoms with Gasteiger partial charge in [-0.1, -0.05) is 6.07 Å². The highest BCUT2D eigenvalue weighted by Gasteiger charge is 2.29. The highest BCUT2D eigenvalue weighted by molar-refractivity contribution is 5.83. The third kappa shape index (κ3) is 3.20. The fraction of sp³-hybridized carbons (Fsp3) is 0.429. The Bertz CT molecular complexity index is 500. The van der Waals surface area contributed by atoms with E-state index in [-0.39, 0.29) is 5.91 Å². The Kier molecular flexibility index (Phi) is 5.37. The number of carboxylic acids is 1. The lowest BCUT2D eigenvalue weighted by atomic mass is 10.0. The molecule has 1 rings (SSSR count). The summed E-state index contributed by atoms with van der Waals surface area (Å²) in [6, 6.07) is 3.77. The van der Waals surface area contributed by atoms with Gasteiger partial charge in [0.2, 0.25) is 5.91 Å². The van der Waals surface area contributed by atoms with E-state index in [4.69, 9.17) is 9.47 Å². The summed E-state index contributed by atoms with van der Waals surface area (Å²) in [7, 11) is 2.97. The number of methoxy groups -OCH3 is 2. The fourth-order valence-electron chi connectivity index (χ4n) is 2.07. The summed E-state index contributed by atoms with van der Waals surface area (Å²) in [5, 5.41) is 9.40. The van der Waals surface area contributed by atoms with E-state index in [0.717, 1.165) is 0 Å². The second kappa shape index (κ2) is 6.79. The molecule has 0 aliphatic heterocycles. The topological polar surface area (TPSA) is 76.1 Å². The SMILES string of the molecule is CCN(C(C)=O)C(C(=O)O)c1ccc(OC)c(OC)c1. The van der Waals surface area contributed by atoms with E-state index in [2.05, 4.69) is 0 Å². The number of hydrogen-bond donors (Lipinski definition) is 1. The molecule has 0 aliphatic carbocycles. The van der Waals surface area contributed by atoms with Crippen LogP contribution in [0.4, 0.5) is 0 Å². The number of nitrogens with zero attached hydrogens (tertiary/aromatic N) is 1. The smallest absolute Gasteiger partial charge is 0.331 e. The molecule has 0 aromatic heterocycles. The molecule has 110 valence electrons. The number of likely N-dealkylation sites (N-methyl/N-ethyl adjacent to an activating group) is 1. The van der Waals surface area contributed by atoms with Crippen molar-refractivity contribution >= 4 is 11.9 Å². The molecule has 1 aromatic carbocycles. The molecule has 0 spiro atoms. The molecular weight excluding hydrogens is 262 g/mol. The first-order valence-electron chi connectivity index (χ1n) is 6.18. The minimum atomic E-state index is -1.09. The lowest BCUT2D eigenvalue weighted by Crippen LogP contribution is -2.37. The molecule has 0 saturated carbocycles. The predicted molar refractivity (Wildman–Crippen MR) is 73.0 cm³/mol. The number of amides is 1. The monoisotopic (exact) mass is 281 g/mol. The Morgan fingerprint density at radius 3 is 2.25 bits per heavy atom. The molecule has 1 unspecified atom stereocenters. The van der Waals surface area contributed by atoms with Gasteiger partial charge in [0.25, 0.3) is 0 Å². The first-order valence-corrected chi connectivity index (χ1v) is 6.18. The summed E-state index contributed by atoms with van der Waals surface area (Å²) >= 11 is 0. The van der Waals surface area contributed by atoms with Crippen molar-refractivity contribution in [2.75, 3.05) is 20.8 Å². The Balaban J connectivity index is 3.28. The zero-order chi connectivity index (χ0) is 15.3. The fourth-order valence-corrected chi connectivity index (χ4v) is 2.07. The molecule has 0 radical (unpaired) electrons. The summed E-state index contributed by atoms with van der Waals surface area (Å²) in [6.45, 7) is 3.39. The van der Waals surface area contributed by atoms with Crippen molar-refractivity contribution < 1.29 is 24.2 Å². The van der Waals surface area contributed by atoms with Gasteiger partial charge in [0, 0.05) is 13.5 Å². The first-order chi connectivity index (χ1) is 9.46. The summed E-state index contributed by atoms with van der Waals surface area (Å²) < 4.78 is 10.3. The van der Waals surface area contributed by atoms with Gasteiger partial charge in [-0.05, 0) is 24.6 Å². The number of rotatable bonds is 6. The lowest BCUT2D eigenvalue weighted by Gasteiger charge is -2.27. The predicted octanol–water partition coefficient (Wildman–Crippen LogP) is 1.70. The molecule has 20 heavy (non-hydrogen) atoms. The van der Waals surface area contributed by atoms with Gasteiger partial charge in [-0.2, -0.15) is 0 Å². The molecular formula is C14H19NO5. The lowest BCUT2D eigenvalue weighted by molar-refractivity contribution is -0.149. The van der Waals surface area contributed by atoms with Crippen LogP contribution in [0.1, 0.15) is 25.5 Å². The van der Waals surface area contributed by atoms with Crippen LogP contribution in [0.15, 0.2) is 18.2 Å². The molecule has 0 bridgehead atoms. The van der Waals surface area contributed by atoms with Gasteiger partial charge in [-0.15, -0.1) is 0 Å². The van der Waals surface area contributed by atoms with E-state index in [9.17, 15) is 14.7 Å². The number of hydrogen-bond acceptors (Lipinski definition) is 4. The van der Waals surface area contributed by atoms with Crippen LogP contribution in [0.3, 0.4) is 0 Å². The van der Waals surface area contributed by atoms with Gasteiger partial charge in [0.05, 0.1) is 14.2 Å². The van der Waals surface area contributed by atoms with Crippen LogP contribution in [-0.2, 0) is 9.59 Å². The van der Waals surface area contributed by atoms with E-state index in [1.165, 1.54) is 26.0 Å². The molecule has 1 aromatic rings. The Hall–Kier alpha value is -2.24. The first kappa shape index (κ1) is 15.8. The molecule has 1 amide bonds. The summed E-state index contributed by atoms with van der Waals surface area (Å²) in [5.41, 5.74) is 0.465. The Labute approximate surface area is 117 Å². The van der Waals surface area contributed by atoms with E-state index >= 15 is 0 Å². The summed E-state index contributed by atoms with van der Waals surface area (Å²) in [4.78, 5) is 24.4. The van der Waals surface area contributed by atoms with Crippen molar-refractivity contribution in [1.82, 2.24) is 4.90 Å².